The van der Waals surface area contributed by atoms with Gasteiger partial charge in [0.15, 0.2) is 0 Å². The van der Waals surface area contributed by atoms with Gasteiger partial charge in [0.05, 0.1) is 0 Å². The van der Waals surface area contributed by atoms with Gasteiger partial charge in [-0.2, -0.15) is 0 Å². The van der Waals surface area contributed by atoms with Crippen LogP contribution in [0.3, 0.4) is 0 Å². The molecule has 1 atom stereocenters. The standard InChI is InChI=1S/C4H12NP/c1-2-3-4-5-6/h5H,2-4,6H2,1H3. The van der Waals surface area contributed by atoms with E-state index < -0.39 is 0 Å². The molecule has 2 heteroatoms. The number of unbranched alkanes of at least 4 members (excludes halogenated alkanes) is 1. The Morgan fingerprint density at radius 2 is 2.33 bits per heavy atom. The molecule has 0 fully saturated rings. The molecule has 1 N–H and O–H groups in total. The summed E-state index contributed by atoms with van der Waals surface area (Å²) in [7, 11) is 2.48. The number of rotatable bonds is 3. The molecule has 6 heavy (non-hydrogen) atoms. The second-order valence-corrected chi connectivity index (χ2v) is 1.72. The predicted molar refractivity (Wildman–Crippen MR) is 32.6 cm³/mol. The maximum atomic E-state index is 2.99. The van der Waals surface area contributed by atoms with E-state index >= 15 is 0 Å². The van der Waals surface area contributed by atoms with Gasteiger partial charge in [-0.05, 0) is 13.0 Å². The molecule has 1 nitrogen and oxygen atoms in total. The van der Waals surface area contributed by atoms with Crippen LogP contribution >= 0.6 is 9.39 Å². The first-order valence-corrected chi connectivity index (χ1v) is 2.93. The van der Waals surface area contributed by atoms with E-state index in [9.17, 15) is 0 Å². The highest BCUT2D eigenvalue weighted by molar-refractivity contribution is 7.13. The Kier molecular flexibility index (Phi) is 5.74. The highest BCUT2D eigenvalue weighted by Crippen LogP contribution is 1.82. The molecule has 0 heterocycles. The second kappa shape index (κ2) is 5.39. The van der Waals surface area contributed by atoms with Crippen LogP contribution in [0.1, 0.15) is 19.8 Å². The Balaban J connectivity index is 2.34. The van der Waals surface area contributed by atoms with Crippen LogP contribution < -0.4 is 5.09 Å². The van der Waals surface area contributed by atoms with Crippen LogP contribution in [0.5, 0.6) is 0 Å². The third-order valence-electron chi connectivity index (χ3n) is 0.675. The van der Waals surface area contributed by atoms with E-state index in [0.29, 0.717) is 0 Å². The van der Waals surface area contributed by atoms with Crippen molar-refractivity contribution in [3.63, 3.8) is 0 Å². The molecule has 0 amide bonds. The van der Waals surface area contributed by atoms with Gasteiger partial charge in [0, 0.05) is 0 Å². The van der Waals surface area contributed by atoms with E-state index in [1.165, 1.54) is 12.8 Å². The fraction of sp³-hybridized carbons (Fsp3) is 1.00. The highest BCUT2D eigenvalue weighted by Gasteiger charge is 1.73. The summed E-state index contributed by atoms with van der Waals surface area (Å²) in [5.74, 6) is 0. The molecule has 0 radical (unpaired) electrons. The zero-order valence-electron chi connectivity index (χ0n) is 4.20. The van der Waals surface area contributed by atoms with Crippen molar-refractivity contribution in [1.29, 1.82) is 0 Å². The van der Waals surface area contributed by atoms with Gasteiger partial charge in [-0.1, -0.05) is 22.7 Å². The summed E-state index contributed by atoms with van der Waals surface area (Å²) < 4.78 is 0. The first-order valence-electron chi connectivity index (χ1n) is 2.35. The lowest BCUT2D eigenvalue weighted by atomic mass is 10.3. The van der Waals surface area contributed by atoms with Crippen LogP contribution in [0.15, 0.2) is 0 Å². The summed E-state index contributed by atoms with van der Waals surface area (Å²) >= 11 is 0. The Labute approximate surface area is 41.8 Å². The van der Waals surface area contributed by atoms with Gasteiger partial charge in [-0.3, -0.25) is 0 Å². The van der Waals surface area contributed by atoms with Crippen molar-refractivity contribution >= 4 is 9.39 Å². The molecule has 0 saturated heterocycles. The molecule has 0 bridgehead atoms. The van der Waals surface area contributed by atoms with Gasteiger partial charge in [-0.15, -0.1) is 0 Å². The summed E-state index contributed by atoms with van der Waals surface area (Å²) in [6.07, 6.45) is 2.56. The van der Waals surface area contributed by atoms with Crippen molar-refractivity contribution in [2.75, 3.05) is 6.54 Å². The Hall–Kier alpha value is 0.390. The van der Waals surface area contributed by atoms with E-state index in [1.54, 1.807) is 0 Å². The number of hydrogen-bond acceptors (Lipinski definition) is 1. The highest BCUT2D eigenvalue weighted by atomic mass is 31.0. The predicted octanol–water partition coefficient (Wildman–Crippen LogP) is 1.17. The van der Waals surface area contributed by atoms with Gasteiger partial charge in [0.1, 0.15) is 0 Å². The van der Waals surface area contributed by atoms with Gasteiger partial charge < -0.3 is 5.09 Å². The molecule has 0 aromatic heterocycles. The monoisotopic (exact) mass is 105 g/mol. The van der Waals surface area contributed by atoms with E-state index in [4.69, 9.17) is 0 Å². The van der Waals surface area contributed by atoms with E-state index in [1.807, 2.05) is 0 Å². The molecule has 0 aromatic carbocycles. The largest absolute Gasteiger partial charge is 0.301 e. The minimum absolute atomic E-state index is 1.13. The van der Waals surface area contributed by atoms with Gasteiger partial charge in [0.25, 0.3) is 0 Å². The molecule has 1 unspecified atom stereocenters. The molecule has 0 rings (SSSR count). The summed E-state index contributed by atoms with van der Waals surface area (Å²) in [5, 5.41) is 2.99. The van der Waals surface area contributed by atoms with Gasteiger partial charge in [0.2, 0.25) is 0 Å². The summed E-state index contributed by atoms with van der Waals surface area (Å²) in [6, 6.07) is 0. The molecular formula is C4H12NP. The molecular weight excluding hydrogens is 93.0 g/mol. The van der Waals surface area contributed by atoms with Crippen molar-refractivity contribution in [3.8, 4) is 0 Å². The van der Waals surface area contributed by atoms with Crippen LogP contribution in [0, 0.1) is 0 Å². The van der Waals surface area contributed by atoms with E-state index in [0.717, 1.165) is 6.54 Å². The van der Waals surface area contributed by atoms with Crippen LogP contribution in [-0.4, -0.2) is 6.54 Å². The van der Waals surface area contributed by atoms with Crippen molar-refractivity contribution in [2.24, 2.45) is 0 Å². The third kappa shape index (κ3) is 4.39. The Bertz CT molecular complexity index is 19.5. The summed E-state index contributed by atoms with van der Waals surface area (Å²) in [6.45, 7) is 3.31. The molecule has 38 valence electrons. The first kappa shape index (κ1) is 6.39. The molecule has 0 aliphatic heterocycles. The summed E-state index contributed by atoms with van der Waals surface area (Å²) in [4.78, 5) is 0. The van der Waals surface area contributed by atoms with E-state index in [-0.39, 0.29) is 0 Å². The first-order chi connectivity index (χ1) is 2.91. The molecule has 0 spiro atoms. The number of nitrogens with one attached hydrogen (secondary N) is 1. The quantitative estimate of drug-likeness (QED) is 0.419. The molecule has 0 aliphatic rings. The minimum Gasteiger partial charge on any atom is -0.301 e. The van der Waals surface area contributed by atoms with Crippen molar-refractivity contribution in [1.82, 2.24) is 5.09 Å². The average molecular weight is 105 g/mol. The molecule has 0 aromatic rings. The minimum atomic E-state index is 1.13. The van der Waals surface area contributed by atoms with Gasteiger partial charge in [-0.25, -0.2) is 0 Å². The lowest BCUT2D eigenvalue weighted by Crippen LogP contribution is -1.97. The Morgan fingerprint density at radius 1 is 1.67 bits per heavy atom. The summed E-state index contributed by atoms with van der Waals surface area (Å²) in [5.41, 5.74) is 0. The molecule has 0 aliphatic carbocycles. The number of hydrogen-bond donors (Lipinski definition) is 1. The van der Waals surface area contributed by atoms with E-state index in [2.05, 4.69) is 21.4 Å². The molecule has 0 saturated carbocycles. The van der Waals surface area contributed by atoms with Crippen LogP contribution in [0.4, 0.5) is 0 Å². The fourth-order valence-corrected chi connectivity index (χ4v) is 0.483. The maximum Gasteiger partial charge on any atom is -0.00145 e. The topological polar surface area (TPSA) is 12.0 Å². The normalized spacial score (nSPS) is 9.00. The van der Waals surface area contributed by atoms with Crippen molar-refractivity contribution in [3.05, 3.63) is 0 Å². The fourth-order valence-electron chi connectivity index (χ4n) is 0.279. The Morgan fingerprint density at radius 3 is 2.50 bits per heavy atom. The average Bonchev–Trinajstić information content (AvgIpc) is 1.61. The zero-order valence-corrected chi connectivity index (χ0v) is 5.35. The van der Waals surface area contributed by atoms with Crippen molar-refractivity contribution in [2.45, 2.75) is 19.8 Å². The lowest BCUT2D eigenvalue weighted by molar-refractivity contribution is 0.776. The van der Waals surface area contributed by atoms with Crippen LogP contribution in [0.25, 0.3) is 0 Å². The SMILES string of the molecule is CCCCNP. The maximum absolute atomic E-state index is 2.99. The third-order valence-corrected chi connectivity index (χ3v) is 0.963. The van der Waals surface area contributed by atoms with Crippen molar-refractivity contribution < 1.29 is 0 Å². The van der Waals surface area contributed by atoms with Crippen LogP contribution in [0.2, 0.25) is 0 Å². The van der Waals surface area contributed by atoms with Crippen LogP contribution in [-0.2, 0) is 0 Å². The smallest absolute Gasteiger partial charge is 0.00145 e. The zero-order chi connectivity index (χ0) is 4.83. The second-order valence-electron chi connectivity index (χ2n) is 1.31. The van der Waals surface area contributed by atoms with Gasteiger partial charge >= 0.3 is 0 Å². The lowest BCUT2D eigenvalue weighted by Gasteiger charge is -1.89.